The number of pyridine rings is 1. The summed E-state index contributed by atoms with van der Waals surface area (Å²) in [6.07, 6.45) is 8.31. The second kappa shape index (κ2) is 10.8. The Balaban J connectivity index is 0.000000318. The number of nitrogen functional groups attached to an aromatic ring is 1. The average molecular weight is 446 g/mol. The summed E-state index contributed by atoms with van der Waals surface area (Å²) in [5.74, 6) is 0.911. The minimum absolute atomic E-state index is 0.0272. The lowest BCUT2D eigenvalue weighted by atomic mass is 9.97. The van der Waals surface area contributed by atoms with Gasteiger partial charge in [0.05, 0.1) is 22.8 Å². The predicted molar refractivity (Wildman–Crippen MR) is 132 cm³/mol. The Hall–Kier alpha value is -3.56. The van der Waals surface area contributed by atoms with Crippen molar-refractivity contribution in [2.24, 2.45) is 11.5 Å². The lowest BCUT2D eigenvalue weighted by Crippen LogP contribution is -2.22. The highest BCUT2D eigenvalue weighted by atomic mass is 15.2. The van der Waals surface area contributed by atoms with Gasteiger partial charge in [-0.3, -0.25) is 5.10 Å². The van der Waals surface area contributed by atoms with Crippen LogP contribution in [0.3, 0.4) is 0 Å². The Bertz CT molecular complexity index is 1150. The predicted octanol–water partition coefficient (Wildman–Crippen LogP) is 3.39. The van der Waals surface area contributed by atoms with Gasteiger partial charge in [-0.05, 0) is 30.5 Å². The molecule has 1 aliphatic rings. The number of hydrogen-bond donors (Lipinski definition) is 5. The fourth-order valence-corrected chi connectivity index (χ4v) is 3.94. The molecule has 0 spiro atoms. The Morgan fingerprint density at radius 1 is 1.00 bits per heavy atom. The fourth-order valence-electron chi connectivity index (χ4n) is 3.94. The number of fused-ring (bicyclic) bond motifs is 1. The number of benzene rings is 1. The van der Waals surface area contributed by atoms with Crippen molar-refractivity contribution in [3.05, 3.63) is 60.3 Å². The first-order chi connectivity index (χ1) is 16.1. The molecular formula is C24H31N9. The summed E-state index contributed by atoms with van der Waals surface area (Å²) in [6.45, 7) is 0.454. The maximum Gasteiger partial charge on any atom is 0.222 e. The molecule has 0 radical (unpaired) electrons. The van der Waals surface area contributed by atoms with E-state index < -0.39 is 0 Å². The van der Waals surface area contributed by atoms with Crippen LogP contribution in [0.15, 0.2) is 54.7 Å². The van der Waals surface area contributed by atoms with Gasteiger partial charge in [-0.15, -0.1) is 0 Å². The smallest absolute Gasteiger partial charge is 0.222 e. The molecule has 5 rings (SSSR count). The molecule has 8 N–H and O–H groups in total. The molecule has 1 aromatic carbocycles. The van der Waals surface area contributed by atoms with Gasteiger partial charge in [-0.1, -0.05) is 55.7 Å². The Morgan fingerprint density at radius 3 is 2.48 bits per heavy atom. The number of nitrogens with two attached hydrogens (primary N) is 3. The van der Waals surface area contributed by atoms with E-state index in [4.69, 9.17) is 17.2 Å². The monoisotopic (exact) mass is 445 g/mol. The Morgan fingerprint density at radius 2 is 1.79 bits per heavy atom. The topological polar surface area (TPSA) is 157 Å². The first kappa shape index (κ1) is 22.6. The molecule has 9 heteroatoms. The summed E-state index contributed by atoms with van der Waals surface area (Å²) in [5.41, 5.74) is 20.3. The molecule has 4 aromatic rings. The highest BCUT2D eigenvalue weighted by Gasteiger charge is 2.13. The lowest BCUT2D eigenvalue weighted by molar-refractivity contribution is 0.441. The standard InChI is InChI=1S/C18H18N8.C6H13N/c19-9-14(11-5-2-1-3-6-11)23-15-8-4-7-13(22-15)16-12-10-21-18(20)24-17(12)26-25-16;7-6-4-2-1-3-5-6/h1-8,10,14H,9,19H2,(H,22,23)(H3,20,21,24,25,26);6H,1-5,7H2. The molecule has 0 saturated heterocycles. The maximum atomic E-state index is 5.94. The third kappa shape index (κ3) is 5.82. The maximum absolute atomic E-state index is 5.94. The highest BCUT2D eigenvalue weighted by molar-refractivity contribution is 5.89. The minimum atomic E-state index is -0.0272. The van der Waals surface area contributed by atoms with Crippen LogP contribution in [0.1, 0.15) is 43.7 Å². The molecule has 1 saturated carbocycles. The molecule has 0 amide bonds. The molecule has 172 valence electrons. The molecule has 1 unspecified atom stereocenters. The van der Waals surface area contributed by atoms with Crippen LogP contribution >= 0.6 is 0 Å². The second-order valence-corrected chi connectivity index (χ2v) is 8.21. The third-order valence-electron chi connectivity index (χ3n) is 5.75. The van der Waals surface area contributed by atoms with Gasteiger partial charge in [0.2, 0.25) is 5.95 Å². The van der Waals surface area contributed by atoms with Crippen LogP contribution in [-0.2, 0) is 0 Å². The number of hydrogen-bond acceptors (Lipinski definition) is 8. The zero-order valence-corrected chi connectivity index (χ0v) is 18.6. The van der Waals surface area contributed by atoms with Crippen molar-refractivity contribution in [3.63, 3.8) is 0 Å². The first-order valence-corrected chi connectivity index (χ1v) is 11.3. The normalized spacial score (nSPS) is 15.0. The van der Waals surface area contributed by atoms with Crippen molar-refractivity contribution in [1.82, 2.24) is 25.1 Å². The number of nitrogens with zero attached hydrogens (tertiary/aromatic N) is 4. The van der Waals surface area contributed by atoms with Crippen LogP contribution in [-0.4, -0.2) is 37.7 Å². The average Bonchev–Trinajstić information content (AvgIpc) is 3.27. The van der Waals surface area contributed by atoms with E-state index in [9.17, 15) is 0 Å². The zero-order valence-electron chi connectivity index (χ0n) is 18.6. The molecule has 1 fully saturated rings. The van der Waals surface area contributed by atoms with E-state index in [2.05, 4.69) is 30.5 Å². The van der Waals surface area contributed by atoms with E-state index in [1.165, 1.54) is 32.1 Å². The molecule has 1 aliphatic carbocycles. The first-order valence-electron chi connectivity index (χ1n) is 11.3. The molecule has 3 heterocycles. The quantitative estimate of drug-likeness (QED) is 0.313. The summed E-state index contributed by atoms with van der Waals surface area (Å²) < 4.78 is 0. The van der Waals surface area contributed by atoms with Gasteiger partial charge in [0, 0.05) is 18.8 Å². The summed E-state index contributed by atoms with van der Waals surface area (Å²) in [5, 5.41) is 11.3. The van der Waals surface area contributed by atoms with Crippen LogP contribution in [0.25, 0.3) is 22.4 Å². The second-order valence-electron chi connectivity index (χ2n) is 8.21. The van der Waals surface area contributed by atoms with Gasteiger partial charge in [-0.2, -0.15) is 10.1 Å². The van der Waals surface area contributed by atoms with Gasteiger partial charge in [-0.25, -0.2) is 9.97 Å². The van der Waals surface area contributed by atoms with Crippen LogP contribution in [0.4, 0.5) is 11.8 Å². The molecule has 3 aromatic heterocycles. The van der Waals surface area contributed by atoms with E-state index >= 15 is 0 Å². The van der Waals surface area contributed by atoms with E-state index in [-0.39, 0.29) is 12.0 Å². The number of aromatic nitrogens is 5. The summed E-state index contributed by atoms with van der Waals surface area (Å²) in [4.78, 5) is 12.8. The van der Waals surface area contributed by atoms with Crippen molar-refractivity contribution < 1.29 is 0 Å². The van der Waals surface area contributed by atoms with Gasteiger partial charge in [0.25, 0.3) is 0 Å². The van der Waals surface area contributed by atoms with Crippen molar-refractivity contribution in [1.29, 1.82) is 0 Å². The van der Waals surface area contributed by atoms with Crippen LogP contribution in [0.5, 0.6) is 0 Å². The van der Waals surface area contributed by atoms with E-state index in [1.54, 1.807) is 6.20 Å². The summed E-state index contributed by atoms with van der Waals surface area (Å²) in [6, 6.07) is 16.3. The van der Waals surface area contributed by atoms with Crippen molar-refractivity contribution >= 4 is 22.8 Å². The van der Waals surface area contributed by atoms with Gasteiger partial charge in [0.15, 0.2) is 5.65 Å². The number of anilines is 2. The van der Waals surface area contributed by atoms with Crippen LogP contribution in [0.2, 0.25) is 0 Å². The molecule has 1 atom stereocenters. The molecule has 9 nitrogen and oxygen atoms in total. The highest BCUT2D eigenvalue weighted by Crippen LogP contribution is 2.25. The molecule has 0 aliphatic heterocycles. The summed E-state index contributed by atoms with van der Waals surface area (Å²) in [7, 11) is 0. The van der Waals surface area contributed by atoms with Gasteiger partial charge < -0.3 is 22.5 Å². The lowest BCUT2D eigenvalue weighted by Gasteiger charge is -2.18. The van der Waals surface area contributed by atoms with Crippen molar-refractivity contribution in [2.45, 2.75) is 44.2 Å². The van der Waals surface area contributed by atoms with Crippen molar-refractivity contribution in [3.8, 4) is 11.4 Å². The Labute approximate surface area is 193 Å². The van der Waals surface area contributed by atoms with Gasteiger partial charge >= 0.3 is 0 Å². The SMILES string of the molecule is NC1CCCCC1.NCC(Nc1cccc(-c2[nH]nc3nc(N)ncc23)n1)c1ccccc1. The van der Waals surface area contributed by atoms with Gasteiger partial charge in [0.1, 0.15) is 5.82 Å². The summed E-state index contributed by atoms with van der Waals surface area (Å²) >= 11 is 0. The van der Waals surface area contributed by atoms with Crippen LogP contribution < -0.4 is 22.5 Å². The van der Waals surface area contributed by atoms with E-state index in [0.717, 1.165) is 28.2 Å². The Kier molecular flexibility index (Phi) is 7.43. The minimum Gasteiger partial charge on any atom is -0.368 e. The number of nitrogens with one attached hydrogen (secondary N) is 2. The van der Waals surface area contributed by atoms with E-state index in [0.29, 0.717) is 18.2 Å². The molecule has 0 bridgehead atoms. The third-order valence-corrected chi connectivity index (χ3v) is 5.75. The number of aromatic amines is 1. The zero-order chi connectivity index (χ0) is 23.0. The van der Waals surface area contributed by atoms with Crippen molar-refractivity contribution in [2.75, 3.05) is 17.6 Å². The van der Waals surface area contributed by atoms with Crippen LogP contribution in [0, 0.1) is 0 Å². The van der Waals surface area contributed by atoms with E-state index in [1.807, 2.05) is 48.5 Å². The largest absolute Gasteiger partial charge is 0.368 e. The number of H-pyrrole nitrogens is 1. The number of rotatable bonds is 5. The fraction of sp³-hybridized carbons (Fsp3) is 0.333. The molecule has 33 heavy (non-hydrogen) atoms. The molecular weight excluding hydrogens is 414 g/mol.